The predicted molar refractivity (Wildman–Crippen MR) is 73.3 cm³/mol. The van der Waals surface area contributed by atoms with Crippen molar-refractivity contribution in [1.29, 1.82) is 0 Å². The van der Waals surface area contributed by atoms with Gasteiger partial charge in [-0.2, -0.15) is 0 Å². The van der Waals surface area contributed by atoms with Crippen molar-refractivity contribution in [3.63, 3.8) is 0 Å². The molecule has 1 aromatic heterocycles. The van der Waals surface area contributed by atoms with Gasteiger partial charge in [0.1, 0.15) is 0 Å². The molecule has 0 aliphatic heterocycles. The van der Waals surface area contributed by atoms with E-state index in [0.717, 1.165) is 12.8 Å². The van der Waals surface area contributed by atoms with Crippen LogP contribution >= 0.6 is 11.3 Å². The number of hydrogen-bond acceptors (Lipinski definition) is 3. The zero-order valence-corrected chi connectivity index (χ0v) is 11.7. The molecule has 0 spiro atoms. The van der Waals surface area contributed by atoms with Crippen LogP contribution in [0.3, 0.4) is 0 Å². The number of nitrogens with one attached hydrogen (secondary N) is 2. The topological polar surface area (TPSA) is 41.1 Å². The minimum absolute atomic E-state index is 0.0701. The van der Waals surface area contributed by atoms with Gasteiger partial charge in [0.25, 0.3) is 0 Å². The Bertz CT molecular complexity index is 349. The van der Waals surface area contributed by atoms with E-state index in [9.17, 15) is 4.79 Å². The summed E-state index contributed by atoms with van der Waals surface area (Å²) in [4.78, 5) is 12.9. The number of hydrogen-bond donors (Lipinski definition) is 2. The molecule has 1 unspecified atom stereocenters. The number of thiophene rings is 1. The fraction of sp³-hybridized carbons (Fsp3) is 0.615. The van der Waals surface area contributed by atoms with E-state index >= 15 is 0 Å². The van der Waals surface area contributed by atoms with Crippen molar-refractivity contribution in [2.24, 2.45) is 0 Å². The highest BCUT2D eigenvalue weighted by Crippen LogP contribution is 2.16. The lowest BCUT2D eigenvalue weighted by atomic mass is 10.2. The van der Waals surface area contributed by atoms with Crippen molar-refractivity contribution in [2.75, 3.05) is 6.54 Å². The Balaban J connectivity index is 2.28. The van der Waals surface area contributed by atoms with Gasteiger partial charge in [0.2, 0.25) is 5.91 Å². The van der Waals surface area contributed by atoms with Crippen molar-refractivity contribution < 1.29 is 4.79 Å². The highest BCUT2D eigenvalue weighted by Gasteiger charge is 2.06. The van der Waals surface area contributed by atoms with Crippen LogP contribution < -0.4 is 10.6 Å². The molecule has 1 rings (SSSR count). The van der Waals surface area contributed by atoms with Crippen LogP contribution in [-0.4, -0.2) is 18.5 Å². The fourth-order valence-electron chi connectivity index (χ4n) is 1.49. The molecule has 0 radical (unpaired) electrons. The summed E-state index contributed by atoms with van der Waals surface area (Å²) in [5.41, 5.74) is 1.34. The molecule has 1 atom stereocenters. The lowest BCUT2D eigenvalue weighted by Gasteiger charge is -2.11. The van der Waals surface area contributed by atoms with E-state index in [4.69, 9.17) is 0 Å². The summed E-state index contributed by atoms with van der Waals surface area (Å²) in [6, 6.07) is 2.53. The highest BCUT2D eigenvalue weighted by atomic mass is 32.1. The van der Waals surface area contributed by atoms with Crippen LogP contribution in [0.25, 0.3) is 0 Å². The molecule has 0 saturated carbocycles. The van der Waals surface area contributed by atoms with Gasteiger partial charge in [-0.15, -0.1) is 11.3 Å². The standard InChI is InChI=1S/C13H22N2OS/c1-4-10(3)14-9-13(16)15-8-12-11(5-2)6-7-17-12/h6-7,10,14H,4-5,8-9H2,1-3H3,(H,15,16). The van der Waals surface area contributed by atoms with E-state index in [1.165, 1.54) is 10.4 Å². The minimum atomic E-state index is 0.0701. The third kappa shape index (κ3) is 4.88. The Morgan fingerprint density at radius 2 is 2.24 bits per heavy atom. The van der Waals surface area contributed by atoms with Gasteiger partial charge in [0.15, 0.2) is 0 Å². The molecule has 1 amide bonds. The first-order valence-electron chi connectivity index (χ1n) is 6.22. The van der Waals surface area contributed by atoms with Crippen LogP contribution in [0, 0.1) is 0 Å². The van der Waals surface area contributed by atoms with E-state index in [2.05, 4.69) is 42.9 Å². The Morgan fingerprint density at radius 1 is 1.47 bits per heavy atom. The molecule has 0 aliphatic rings. The largest absolute Gasteiger partial charge is 0.350 e. The van der Waals surface area contributed by atoms with Crippen molar-refractivity contribution >= 4 is 17.2 Å². The van der Waals surface area contributed by atoms with Gasteiger partial charge in [-0.3, -0.25) is 4.79 Å². The second-order valence-electron chi connectivity index (χ2n) is 4.19. The lowest BCUT2D eigenvalue weighted by Crippen LogP contribution is -2.37. The maximum Gasteiger partial charge on any atom is 0.234 e. The number of carbonyl (C=O) groups is 1. The molecular formula is C13H22N2OS. The monoisotopic (exact) mass is 254 g/mol. The van der Waals surface area contributed by atoms with Gasteiger partial charge >= 0.3 is 0 Å². The minimum Gasteiger partial charge on any atom is -0.350 e. The van der Waals surface area contributed by atoms with Gasteiger partial charge in [-0.25, -0.2) is 0 Å². The van der Waals surface area contributed by atoms with E-state index in [1.807, 2.05) is 0 Å². The normalized spacial score (nSPS) is 12.4. The first kappa shape index (κ1) is 14.2. The third-order valence-corrected chi connectivity index (χ3v) is 3.85. The zero-order chi connectivity index (χ0) is 12.7. The predicted octanol–water partition coefficient (Wildman–Crippen LogP) is 2.31. The molecule has 0 aliphatic carbocycles. The second-order valence-corrected chi connectivity index (χ2v) is 5.19. The van der Waals surface area contributed by atoms with Crippen LogP contribution in [0.1, 0.15) is 37.6 Å². The maximum atomic E-state index is 11.6. The molecule has 0 aromatic carbocycles. The summed E-state index contributed by atoms with van der Waals surface area (Å²) in [6.45, 7) is 7.39. The number of aryl methyl sites for hydroxylation is 1. The molecule has 96 valence electrons. The Morgan fingerprint density at radius 3 is 2.88 bits per heavy atom. The summed E-state index contributed by atoms with van der Waals surface area (Å²) in [7, 11) is 0. The SMILES string of the molecule is CCc1ccsc1CNC(=O)CNC(C)CC. The Kier molecular flexibility index (Phi) is 6.22. The summed E-state index contributed by atoms with van der Waals surface area (Å²) in [5.74, 6) is 0.0701. The maximum absolute atomic E-state index is 11.6. The molecule has 0 bridgehead atoms. The third-order valence-electron chi connectivity index (χ3n) is 2.89. The van der Waals surface area contributed by atoms with Gasteiger partial charge < -0.3 is 10.6 Å². The van der Waals surface area contributed by atoms with Crippen LogP contribution in [0.2, 0.25) is 0 Å². The van der Waals surface area contributed by atoms with Gasteiger partial charge in [-0.1, -0.05) is 13.8 Å². The summed E-state index contributed by atoms with van der Waals surface area (Å²) in [5, 5.41) is 8.21. The summed E-state index contributed by atoms with van der Waals surface area (Å²) >= 11 is 1.71. The highest BCUT2D eigenvalue weighted by molar-refractivity contribution is 7.10. The van der Waals surface area contributed by atoms with Crippen LogP contribution in [0.15, 0.2) is 11.4 Å². The summed E-state index contributed by atoms with van der Waals surface area (Å²) < 4.78 is 0. The molecule has 2 N–H and O–H groups in total. The Labute approximate surface area is 108 Å². The number of amides is 1. The van der Waals surface area contributed by atoms with E-state index in [1.54, 1.807) is 11.3 Å². The van der Waals surface area contributed by atoms with Crippen molar-refractivity contribution in [2.45, 2.75) is 46.2 Å². The van der Waals surface area contributed by atoms with Gasteiger partial charge in [-0.05, 0) is 36.8 Å². The summed E-state index contributed by atoms with van der Waals surface area (Å²) in [6.07, 6.45) is 2.07. The zero-order valence-electron chi connectivity index (χ0n) is 10.9. The second kappa shape index (κ2) is 7.45. The molecule has 0 fully saturated rings. The number of carbonyl (C=O) groups excluding carboxylic acids is 1. The quantitative estimate of drug-likeness (QED) is 0.784. The average Bonchev–Trinajstić information content (AvgIpc) is 2.80. The van der Waals surface area contributed by atoms with Crippen LogP contribution in [-0.2, 0) is 17.8 Å². The molecule has 3 nitrogen and oxygen atoms in total. The number of rotatable bonds is 7. The smallest absolute Gasteiger partial charge is 0.234 e. The van der Waals surface area contributed by atoms with E-state index < -0.39 is 0 Å². The molecule has 4 heteroatoms. The van der Waals surface area contributed by atoms with Crippen LogP contribution in [0.4, 0.5) is 0 Å². The van der Waals surface area contributed by atoms with Crippen LogP contribution in [0.5, 0.6) is 0 Å². The van der Waals surface area contributed by atoms with Crippen molar-refractivity contribution in [3.05, 3.63) is 21.9 Å². The van der Waals surface area contributed by atoms with E-state index in [0.29, 0.717) is 19.1 Å². The van der Waals surface area contributed by atoms with Gasteiger partial charge in [0.05, 0.1) is 13.1 Å². The van der Waals surface area contributed by atoms with E-state index in [-0.39, 0.29) is 5.91 Å². The first-order valence-corrected chi connectivity index (χ1v) is 7.10. The Hall–Kier alpha value is -0.870. The molecule has 1 heterocycles. The van der Waals surface area contributed by atoms with Gasteiger partial charge in [0, 0.05) is 10.9 Å². The van der Waals surface area contributed by atoms with Crippen molar-refractivity contribution in [3.8, 4) is 0 Å². The fourth-order valence-corrected chi connectivity index (χ4v) is 2.41. The molecule has 0 saturated heterocycles. The lowest BCUT2D eigenvalue weighted by molar-refractivity contribution is -0.120. The molecule has 1 aromatic rings. The molecule has 17 heavy (non-hydrogen) atoms. The first-order chi connectivity index (χ1) is 8.17. The molecular weight excluding hydrogens is 232 g/mol. The average molecular weight is 254 g/mol. The van der Waals surface area contributed by atoms with Crippen molar-refractivity contribution in [1.82, 2.24) is 10.6 Å².